The molecule has 0 unspecified atom stereocenters. The van der Waals surface area contributed by atoms with E-state index in [1.165, 1.54) is 0 Å². The van der Waals surface area contributed by atoms with Crippen LogP contribution in [-0.2, 0) is 35.3 Å². The second-order valence-corrected chi connectivity index (χ2v) is 9.92. The molecular weight excluding hydrogens is 578 g/mol. The summed E-state index contributed by atoms with van der Waals surface area (Å²) in [5, 5.41) is 24.9. The van der Waals surface area contributed by atoms with Gasteiger partial charge in [-0.1, -0.05) is 42.2 Å². The fourth-order valence-corrected chi connectivity index (χ4v) is 4.34. The Morgan fingerprint density at radius 2 is 1.51 bits per heavy atom. The highest BCUT2D eigenvalue weighted by molar-refractivity contribution is 7.80. The zero-order chi connectivity index (χ0) is 31.5. The Hall–Kier alpha value is -4.87. The maximum absolute atomic E-state index is 13.3. The van der Waals surface area contributed by atoms with Gasteiger partial charge >= 0.3 is 11.9 Å². The summed E-state index contributed by atoms with van der Waals surface area (Å²) < 4.78 is 0. The van der Waals surface area contributed by atoms with E-state index in [0.29, 0.717) is 11.3 Å². The molecule has 0 fully saturated rings. The zero-order valence-corrected chi connectivity index (χ0v) is 23.8. The molecule has 0 saturated carbocycles. The molecule has 2 aromatic carbocycles. The van der Waals surface area contributed by atoms with Crippen molar-refractivity contribution in [3.05, 3.63) is 65.2 Å². The van der Waals surface area contributed by atoms with E-state index in [4.69, 9.17) is 15.9 Å². The van der Waals surface area contributed by atoms with Gasteiger partial charge in [0.2, 0.25) is 23.6 Å². The van der Waals surface area contributed by atoms with Crippen LogP contribution in [0.2, 0.25) is 0 Å². The average Bonchev–Trinajstić information content (AvgIpc) is 2.97. The van der Waals surface area contributed by atoms with Crippen molar-refractivity contribution in [3.63, 3.8) is 0 Å². The SMILES string of the molecule is N[C@@H](CNC(=O)CCC(=O)N1Cc2ccccc2C#Cc2ccccc21)C(=O)N[C@@H](CC(=O)O)C(=O)N[C@@H](CS)C(=O)O. The lowest BCUT2D eigenvalue weighted by molar-refractivity contribution is -0.143. The number of hydrogen-bond acceptors (Lipinski definition) is 8. The van der Waals surface area contributed by atoms with Gasteiger partial charge in [-0.25, -0.2) is 4.79 Å². The number of amides is 4. The zero-order valence-electron chi connectivity index (χ0n) is 22.9. The van der Waals surface area contributed by atoms with Gasteiger partial charge in [-0.2, -0.15) is 12.6 Å². The number of hydrogen-bond donors (Lipinski definition) is 7. The van der Waals surface area contributed by atoms with Gasteiger partial charge in [-0.05, 0) is 23.8 Å². The second kappa shape index (κ2) is 15.4. The van der Waals surface area contributed by atoms with Crippen LogP contribution in [0, 0.1) is 11.8 Å². The lowest BCUT2D eigenvalue weighted by Gasteiger charge is -2.26. The molecule has 0 aliphatic carbocycles. The van der Waals surface area contributed by atoms with Gasteiger partial charge in [0.1, 0.15) is 18.1 Å². The van der Waals surface area contributed by atoms with Crippen molar-refractivity contribution in [2.45, 2.75) is 43.9 Å². The summed E-state index contributed by atoms with van der Waals surface area (Å²) in [7, 11) is 0. The van der Waals surface area contributed by atoms with Gasteiger partial charge in [-0.3, -0.25) is 24.0 Å². The van der Waals surface area contributed by atoms with Crippen molar-refractivity contribution in [2.75, 3.05) is 17.2 Å². The number of nitrogens with two attached hydrogens (primary N) is 1. The third-order valence-corrected chi connectivity index (χ3v) is 6.77. The highest BCUT2D eigenvalue weighted by Gasteiger charge is 2.29. The van der Waals surface area contributed by atoms with E-state index < -0.39 is 54.2 Å². The summed E-state index contributed by atoms with van der Waals surface area (Å²) in [5.41, 5.74) is 8.78. The number of carbonyl (C=O) groups excluding carboxylic acids is 4. The topological polar surface area (TPSA) is 208 Å². The first-order valence-electron chi connectivity index (χ1n) is 13.2. The molecule has 7 N–H and O–H groups in total. The maximum Gasteiger partial charge on any atom is 0.327 e. The Morgan fingerprint density at radius 3 is 2.19 bits per heavy atom. The largest absolute Gasteiger partial charge is 0.481 e. The third kappa shape index (κ3) is 9.32. The summed E-state index contributed by atoms with van der Waals surface area (Å²) in [6.45, 7) is -0.107. The molecule has 4 amide bonds. The van der Waals surface area contributed by atoms with Crippen molar-refractivity contribution >= 4 is 53.9 Å². The van der Waals surface area contributed by atoms with Crippen molar-refractivity contribution in [3.8, 4) is 11.8 Å². The number of carbonyl (C=O) groups is 6. The quantitative estimate of drug-likeness (QED) is 0.116. The summed E-state index contributed by atoms with van der Waals surface area (Å²) in [6.07, 6.45) is -1.19. The van der Waals surface area contributed by atoms with Gasteiger partial charge in [0.05, 0.1) is 18.7 Å². The van der Waals surface area contributed by atoms with Crippen LogP contribution in [0.4, 0.5) is 5.69 Å². The number of carboxylic acids is 2. The number of nitrogens with one attached hydrogen (secondary N) is 3. The van der Waals surface area contributed by atoms with Crippen molar-refractivity contribution < 1.29 is 39.0 Å². The molecule has 13 nitrogen and oxygen atoms in total. The first-order chi connectivity index (χ1) is 20.5. The predicted molar refractivity (Wildman–Crippen MR) is 158 cm³/mol. The number of carboxylic acid groups (broad SMARTS) is 2. The first-order valence-corrected chi connectivity index (χ1v) is 13.8. The van der Waals surface area contributed by atoms with Gasteiger partial charge in [0, 0.05) is 36.3 Å². The van der Waals surface area contributed by atoms with Crippen molar-refractivity contribution in [1.82, 2.24) is 16.0 Å². The number of anilines is 1. The number of aliphatic carboxylic acids is 2. The van der Waals surface area contributed by atoms with Crippen LogP contribution in [0.15, 0.2) is 48.5 Å². The first kappa shape index (κ1) is 32.6. The van der Waals surface area contributed by atoms with Crippen LogP contribution in [0.1, 0.15) is 36.0 Å². The number of rotatable bonds is 13. The highest BCUT2D eigenvalue weighted by Crippen LogP contribution is 2.26. The molecule has 226 valence electrons. The Labute approximate surface area is 252 Å². The highest BCUT2D eigenvalue weighted by atomic mass is 32.1. The van der Waals surface area contributed by atoms with Gasteiger partial charge in [0.25, 0.3) is 0 Å². The smallest absolute Gasteiger partial charge is 0.327 e. The normalized spacial score (nSPS) is 13.7. The van der Waals surface area contributed by atoms with E-state index >= 15 is 0 Å². The number of para-hydroxylation sites is 1. The van der Waals surface area contributed by atoms with Gasteiger partial charge < -0.3 is 36.8 Å². The maximum atomic E-state index is 13.3. The number of thiol groups is 1. The van der Waals surface area contributed by atoms with Crippen molar-refractivity contribution in [2.24, 2.45) is 5.73 Å². The van der Waals surface area contributed by atoms with E-state index in [1.54, 1.807) is 17.0 Å². The molecule has 14 heteroatoms. The Balaban J connectivity index is 1.56. The van der Waals surface area contributed by atoms with Gasteiger partial charge in [-0.15, -0.1) is 0 Å². The molecule has 1 aliphatic rings. The molecule has 3 atom stereocenters. The number of benzene rings is 2. The molecule has 2 aromatic rings. The van der Waals surface area contributed by atoms with Crippen LogP contribution in [-0.4, -0.2) is 76.2 Å². The summed E-state index contributed by atoms with van der Waals surface area (Å²) in [4.78, 5) is 74.6. The molecule has 0 bridgehead atoms. The minimum absolute atomic E-state index is 0.145. The minimum atomic E-state index is -1.62. The fraction of sp³-hybridized carbons (Fsp3) is 0.310. The molecule has 0 saturated heterocycles. The minimum Gasteiger partial charge on any atom is -0.481 e. The van der Waals surface area contributed by atoms with Crippen molar-refractivity contribution in [1.29, 1.82) is 0 Å². The van der Waals surface area contributed by atoms with Crippen LogP contribution in [0.25, 0.3) is 0 Å². The Morgan fingerprint density at radius 1 is 0.884 bits per heavy atom. The average molecular weight is 610 g/mol. The lowest BCUT2D eigenvalue weighted by atomic mass is 10.0. The van der Waals surface area contributed by atoms with Crippen LogP contribution >= 0.6 is 12.6 Å². The molecular formula is C29H31N5O8S. The number of fused-ring (bicyclic) bond motifs is 2. The van der Waals surface area contributed by atoms with Crippen LogP contribution in [0.3, 0.4) is 0 Å². The molecule has 1 aliphatic heterocycles. The predicted octanol–water partition coefficient (Wildman–Crippen LogP) is -0.385. The number of nitrogens with zero attached hydrogens (tertiary/aromatic N) is 1. The van der Waals surface area contributed by atoms with E-state index in [9.17, 15) is 28.8 Å². The Kier molecular flexibility index (Phi) is 11.7. The summed E-state index contributed by atoms with van der Waals surface area (Å²) >= 11 is 3.82. The lowest BCUT2D eigenvalue weighted by Crippen LogP contribution is -2.57. The third-order valence-electron chi connectivity index (χ3n) is 6.40. The molecule has 3 rings (SSSR count). The van der Waals surface area contributed by atoms with Crippen LogP contribution < -0.4 is 26.6 Å². The van der Waals surface area contributed by atoms with E-state index in [2.05, 4.69) is 40.4 Å². The summed E-state index contributed by atoms with van der Waals surface area (Å²) in [6, 6.07) is 10.3. The molecule has 0 radical (unpaired) electrons. The van der Waals surface area contributed by atoms with E-state index in [0.717, 1.165) is 11.1 Å². The van der Waals surface area contributed by atoms with Gasteiger partial charge in [0.15, 0.2) is 0 Å². The van der Waals surface area contributed by atoms with Crippen LogP contribution in [0.5, 0.6) is 0 Å². The Bertz CT molecular complexity index is 1470. The molecule has 1 heterocycles. The van der Waals surface area contributed by atoms with E-state index in [-0.39, 0.29) is 37.6 Å². The monoisotopic (exact) mass is 609 g/mol. The fourth-order valence-electron chi connectivity index (χ4n) is 4.09. The summed E-state index contributed by atoms with van der Waals surface area (Å²) in [5.74, 6) is 0.271. The second-order valence-electron chi connectivity index (χ2n) is 9.56. The molecule has 0 aromatic heterocycles. The molecule has 43 heavy (non-hydrogen) atoms. The van der Waals surface area contributed by atoms with E-state index in [1.807, 2.05) is 36.4 Å². The standard InChI is InChI=1S/C29H31N5O8S/c30-20(27(39)32-21(13-26(37)38)28(40)33-22(16-43)29(41)42)14-31-24(35)11-12-25(36)34-15-19-7-2-1-5-17(19)9-10-18-6-3-4-8-23(18)34/h1-8,20-22,43H,11-16,30H2,(H,31,35)(H,32,39)(H,33,40)(H,37,38)(H,41,42)/t20-,21-,22-/m0/s1. The molecule has 0 spiro atoms.